The van der Waals surface area contributed by atoms with E-state index in [1.165, 1.54) is 31.2 Å². The zero-order chi connectivity index (χ0) is 14.5. The van der Waals surface area contributed by atoms with Gasteiger partial charge in [-0.25, -0.2) is 0 Å². The highest BCUT2D eigenvalue weighted by Crippen LogP contribution is 2.29. The summed E-state index contributed by atoms with van der Waals surface area (Å²) in [4.78, 5) is 2.60. The number of nitrogens with zero attached hydrogens (tertiary/aromatic N) is 1. The molecule has 0 amide bonds. The van der Waals surface area contributed by atoms with E-state index < -0.39 is 0 Å². The Labute approximate surface area is 127 Å². The molecule has 3 heteroatoms. The van der Waals surface area contributed by atoms with E-state index in [0.717, 1.165) is 25.3 Å². The molecule has 2 fully saturated rings. The third-order valence-corrected chi connectivity index (χ3v) is 4.49. The first-order valence-corrected chi connectivity index (χ1v) is 8.00. The van der Waals surface area contributed by atoms with Crippen molar-refractivity contribution in [1.82, 2.24) is 4.90 Å². The van der Waals surface area contributed by atoms with Crippen LogP contribution in [0, 0.1) is 11.8 Å². The summed E-state index contributed by atoms with van der Waals surface area (Å²) in [6, 6.07) is 9.13. The zero-order valence-corrected chi connectivity index (χ0v) is 12.6. The monoisotopic (exact) mass is 284 g/mol. The van der Waals surface area contributed by atoms with Crippen LogP contribution in [0.25, 0.3) is 0 Å². The summed E-state index contributed by atoms with van der Waals surface area (Å²) in [5.41, 5.74) is 7.84. The van der Waals surface area contributed by atoms with Crippen molar-refractivity contribution in [1.29, 1.82) is 0 Å². The van der Waals surface area contributed by atoms with Crippen molar-refractivity contribution < 1.29 is 4.74 Å². The number of ether oxygens (including phenoxy) is 1. The second-order valence-electron chi connectivity index (χ2n) is 5.94. The molecule has 3 nitrogen and oxygen atoms in total. The van der Waals surface area contributed by atoms with Crippen LogP contribution in [0.3, 0.4) is 0 Å². The van der Waals surface area contributed by atoms with Gasteiger partial charge in [-0.3, -0.25) is 4.90 Å². The van der Waals surface area contributed by atoms with Gasteiger partial charge in [0.2, 0.25) is 0 Å². The maximum atomic E-state index is 5.95. The van der Waals surface area contributed by atoms with E-state index in [9.17, 15) is 0 Å². The van der Waals surface area contributed by atoms with Crippen molar-refractivity contribution in [3.63, 3.8) is 0 Å². The van der Waals surface area contributed by atoms with Crippen molar-refractivity contribution in [2.24, 2.45) is 5.73 Å². The van der Waals surface area contributed by atoms with Crippen LogP contribution in [0.2, 0.25) is 0 Å². The van der Waals surface area contributed by atoms with Gasteiger partial charge in [0.15, 0.2) is 0 Å². The van der Waals surface area contributed by atoms with Gasteiger partial charge in [-0.2, -0.15) is 0 Å². The topological polar surface area (TPSA) is 38.5 Å². The van der Waals surface area contributed by atoms with Gasteiger partial charge in [-0.1, -0.05) is 36.8 Å². The lowest BCUT2D eigenvalue weighted by atomic mass is 9.90. The van der Waals surface area contributed by atoms with Crippen LogP contribution >= 0.6 is 0 Å². The molecule has 112 valence electrons. The number of hydrogen-bond acceptors (Lipinski definition) is 3. The first-order chi connectivity index (χ1) is 10.4. The SMILES string of the molecule is NCC#Cc1cccc(CN2CCOC3CCCCC32)c1. The van der Waals surface area contributed by atoms with E-state index in [4.69, 9.17) is 10.5 Å². The molecular formula is C18H24N2O. The lowest BCUT2D eigenvalue weighted by Crippen LogP contribution is -2.52. The number of benzene rings is 1. The van der Waals surface area contributed by atoms with Crippen molar-refractivity contribution in [3.05, 3.63) is 35.4 Å². The fourth-order valence-electron chi connectivity index (χ4n) is 3.51. The molecule has 2 unspecified atom stereocenters. The van der Waals surface area contributed by atoms with Crippen LogP contribution < -0.4 is 5.73 Å². The van der Waals surface area contributed by atoms with Crippen LogP contribution in [0.15, 0.2) is 24.3 Å². The van der Waals surface area contributed by atoms with Gasteiger partial charge < -0.3 is 10.5 Å². The predicted octanol–water partition coefficient (Wildman–Crippen LogP) is 2.14. The molecule has 1 aliphatic carbocycles. The second kappa shape index (κ2) is 7.09. The minimum atomic E-state index is 0.414. The molecular weight excluding hydrogens is 260 g/mol. The molecule has 1 aromatic carbocycles. The van der Waals surface area contributed by atoms with E-state index in [-0.39, 0.29) is 0 Å². The highest BCUT2D eigenvalue weighted by atomic mass is 16.5. The van der Waals surface area contributed by atoms with Crippen molar-refractivity contribution >= 4 is 0 Å². The van der Waals surface area contributed by atoms with Crippen LogP contribution in [-0.2, 0) is 11.3 Å². The third kappa shape index (κ3) is 3.65. The molecule has 1 saturated heterocycles. The molecule has 1 aliphatic heterocycles. The number of rotatable bonds is 2. The van der Waals surface area contributed by atoms with Gasteiger partial charge in [0.1, 0.15) is 0 Å². The highest BCUT2D eigenvalue weighted by molar-refractivity contribution is 5.37. The molecule has 0 spiro atoms. The smallest absolute Gasteiger partial charge is 0.0731 e. The van der Waals surface area contributed by atoms with E-state index in [1.54, 1.807) is 0 Å². The van der Waals surface area contributed by atoms with E-state index in [0.29, 0.717) is 18.7 Å². The van der Waals surface area contributed by atoms with Gasteiger partial charge in [0, 0.05) is 24.7 Å². The first kappa shape index (κ1) is 14.6. The Morgan fingerprint density at radius 2 is 2.19 bits per heavy atom. The summed E-state index contributed by atoms with van der Waals surface area (Å²) in [7, 11) is 0. The Bertz CT molecular complexity index is 530. The van der Waals surface area contributed by atoms with Gasteiger partial charge >= 0.3 is 0 Å². The number of nitrogens with two attached hydrogens (primary N) is 1. The molecule has 2 N–H and O–H groups in total. The maximum absolute atomic E-state index is 5.95. The molecule has 1 saturated carbocycles. The molecule has 1 heterocycles. The van der Waals surface area contributed by atoms with Crippen molar-refractivity contribution in [3.8, 4) is 11.8 Å². The van der Waals surface area contributed by atoms with E-state index >= 15 is 0 Å². The van der Waals surface area contributed by atoms with Crippen molar-refractivity contribution in [2.45, 2.75) is 44.4 Å². The van der Waals surface area contributed by atoms with Crippen molar-refractivity contribution in [2.75, 3.05) is 19.7 Å². The molecule has 0 aromatic heterocycles. The number of morpholine rings is 1. The molecule has 2 atom stereocenters. The highest BCUT2D eigenvalue weighted by Gasteiger charge is 2.33. The van der Waals surface area contributed by atoms with Crippen LogP contribution in [0.4, 0.5) is 0 Å². The van der Waals surface area contributed by atoms with Crippen LogP contribution in [-0.4, -0.2) is 36.7 Å². The molecule has 1 aromatic rings. The van der Waals surface area contributed by atoms with Gasteiger partial charge in [0.05, 0.1) is 19.3 Å². The summed E-state index contributed by atoms with van der Waals surface area (Å²) >= 11 is 0. The Morgan fingerprint density at radius 1 is 1.29 bits per heavy atom. The van der Waals surface area contributed by atoms with E-state index in [2.05, 4.69) is 41.0 Å². The zero-order valence-electron chi connectivity index (χ0n) is 12.6. The predicted molar refractivity (Wildman–Crippen MR) is 84.8 cm³/mol. The number of hydrogen-bond donors (Lipinski definition) is 1. The minimum absolute atomic E-state index is 0.414. The summed E-state index contributed by atoms with van der Waals surface area (Å²) in [5, 5.41) is 0. The minimum Gasteiger partial charge on any atom is -0.375 e. The third-order valence-electron chi connectivity index (χ3n) is 4.49. The van der Waals surface area contributed by atoms with Crippen LogP contribution in [0.1, 0.15) is 36.8 Å². The lowest BCUT2D eigenvalue weighted by molar-refractivity contribution is -0.0911. The fraction of sp³-hybridized carbons (Fsp3) is 0.556. The molecule has 2 aliphatic rings. The Morgan fingerprint density at radius 3 is 3.10 bits per heavy atom. The molecule has 0 bridgehead atoms. The molecule has 21 heavy (non-hydrogen) atoms. The molecule has 3 rings (SSSR count). The standard InChI is InChI=1S/C18H24N2O/c19-10-4-7-15-5-3-6-16(13-15)14-20-11-12-21-18-9-2-1-8-17(18)20/h3,5-6,13,17-18H,1-2,8-12,14,19H2. The Hall–Kier alpha value is -1.34. The van der Waals surface area contributed by atoms with Crippen LogP contribution in [0.5, 0.6) is 0 Å². The first-order valence-electron chi connectivity index (χ1n) is 8.00. The summed E-state index contributed by atoms with van der Waals surface area (Å²) < 4.78 is 5.95. The Balaban J connectivity index is 1.70. The second-order valence-corrected chi connectivity index (χ2v) is 5.94. The molecule has 0 radical (unpaired) electrons. The van der Waals surface area contributed by atoms with E-state index in [1.807, 2.05) is 0 Å². The number of fused-ring (bicyclic) bond motifs is 1. The summed E-state index contributed by atoms with van der Waals surface area (Å²) in [6.45, 7) is 3.33. The van der Waals surface area contributed by atoms with Gasteiger partial charge in [0.25, 0.3) is 0 Å². The lowest BCUT2D eigenvalue weighted by Gasteiger charge is -2.43. The normalized spacial score (nSPS) is 25.8. The maximum Gasteiger partial charge on any atom is 0.0731 e. The average molecular weight is 284 g/mol. The largest absolute Gasteiger partial charge is 0.375 e. The fourth-order valence-corrected chi connectivity index (χ4v) is 3.51. The average Bonchev–Trinajstić information content (AvgIpc) is 2.54. The quantitative estimate of drug-likeness (QED) is 0.846. The Kier molecular flexibility index (Phi) is 4.92. The van der Waals surface area contributed by atoms with Gasteiger partial charge in [-0.05, 0) is 30.5 Å². The van der Waals surface area contributed by atoms with Gasteiger partial charge in [-0.15, -0.1) is 0 Å². The summed E-state index contributed by atoms with van der Waals surface area (Å²) in [6.07, 6.45) is 5.61. The summed E-state index contributed by atoms with van der Waals surface area (Å²) in [5.74, 6) is 6.04.